The SMILES string of the molecule is [B]c1ccc(COc2ccc(/C=C/C3N(CCCS(=O)(=O)O)c4ccc(S(=O)(=O)O)cc4C3(C)C)cc2/C=C/C2N(CCCN3C(=O)C=CC3=O)c3ccc(C)cc3C2(C)C)cc1. The molecule has 2 unspecified atom stereocenters. The van der Waals surface area contributed by atoms with Crippen LogP contribution in [0.15, 0.2) is 108 Å². The number of fused-ring (bicyclic) bond motifs is 2. The number of aryl methyl sites for hydroxylation is 1. The molecule has 328 valence electrons. The van der Waals surface area contributed by atoms with Crippen molar-refractivity contribution in [1.82, 2.24) is 4.90 Å². The molecule has 4 aromatic carbocycles. The van der Waals surface area contributed by atoms with Gasteiger partial charge in [0.2, 0.25) is 0 Å². The summed E-state index contributed by atoms with van der Waals surface area (Å²) in [4.78, 5) is 30.1. The van der Waals surface area contributed by atoms with Crippen molar-refractivity contribution in [1.29, 1.82) is 0 Å². The maximum atomic E-state index is 12.3. The largest absolute Gasteiger partial charge is 0.488 e. The molecule has 0 fully saturated rings. The molecule has 2 atom stereocenters. The first kappa shape index (κ1) is 45.5. The van der Waals surface area contributed by atoms with E-state index in [9.17, 15) is 35.5 Å². The van der Waals surface area contributed by atoms with Gasteiger partial charge in [0.15, 0.2) is 0 Å². The topological polar surface area (TPSA) is 162 Å². The highest BCUT2D eigenvalue weighted by atomic mass is 32.2. The number of anilines is 2. The Balaban J connectivity index is 1.23. The van der Waals surface area contributed by atoms with Crippen LogP contribution in [0.3, 0.4) is 0 Å². The Morgan fingerprint density at radius 2 is 1.30 bits per heavy atom. The highest BCUT2D eigenvalue weighted by Gasteiger charge is 2.45. The van der Waals surface area contributed by atoms with Gasteiger partial charge in [0.1, 0.15) is 20.2 Å². The number of carbonyl (C=O) groups is 2. The van der Waals surface area contributed by atoms with Gasteiger partial charge in [-0.25, -0.2) is 0 Å². The molecule has 63 heavy (non-hydrogen) atoms. The van der Waals surface area contributed by atoms with Crippen molar-refractivity contribution in [2.75, 3.05) is 35.2 Å². The molecule has 0 bridgehead atoms. The summed E-state index contributed by atoms with van der Waals surface area (Å²) in [5, 5.41) is 0. The fourth-order valence-electron chi connectivity index (χ4n) is 9.04. The van der Waals surface area contributed by atoms with E-state index >= 15 is 0 Å². The van der Waals surface area contributed by atoms with Crippen LogP contribution < -0.4 is 20.0 Å². The summed E-state index contributed by atoms with van der Waals surface area (Å²) >= 11 is 0. The van der Waals surface area contributed by atoms with Crippen LogP contribution >= 0.6 is 0 Å². The Labute approximate surface area is 371 Å². The molecule has 0 saturated carbocycles. The zero-order chi connectivity index (χ0) is 45.5. The van der Waals surface area contributed by atoms with Crippen molar-refractivity contribution < 1.29 is 40.3 Å². The fraction of sp³-hybridized carbons (Fsp3) is 0.333. The van der Waals surface area contributed by atoms with E-state index in [1.165, 1.54) is 34.7 Å². The van der Waals surface area contributed by atoms with E-state index in [2.05, 4.69) is 56.0 Å². The van der Waals surface area contributed by atoms with Crippen LogP contribution in [-0.4, -0.2) is 88.0 Å². The van der Waals surface area contributed by atoms with Gasteiger partial charge in [0.05, 0.1) is 22.7 Å². The number of benzene rings is 4. The Hall–Kier alpha value is -5.48. The first-order valence-corrected chi connectivity index (χ1v) is 23.9. The van der Waals surface area contributed by atoms with Crippen LogP contribution in [0.4, 0.5) is 11.4 Å². The predicted molar refractivity (Wildman–Crippen MR) is 248 cm³/mol. The normalized spacial score (nSPS) is 19.2. The van der Waals surface area contributed by atoms with Gasteiger partial charge in [-0.2, -0.15) is 16.8 Å². The molecule has 12 nitrogen and oxygen atoms in total. The average molecular weight is 890 g/mol. The zero-order valence-electron chi connectivity index (χ0n) is 36.1. The second-order valence-corrected chi connectivity index (χ2v) is 20.6. The molecule has 2 radical (unpaired) electrons. The highest BCUT2D eigenvalue weighted by molar-refractivity contribution is 7.86. The molecular weight excluding hydrogens is 837 g/mol. The minimum atomic E-state index is -4.49. The fourth-order valence-corrected chi connectivity index (χ4v) is 10.0. The van der Waals surface area contributed by atoms with E-state index in [4.69, 9.17) is 12.6 Å². The molecule has 2 N–H and O–H groups in total. The van der Waals surface area contributed by atoms with Gasteiger partial charge < -0.3 is 14.5 Å². The lowest BCUT2D eigenvalue weighted by Crippen LogP contribution is -2.41. The maximum Gasteiger partial charge on any atom is 0.294 e. The minimum Gasteiger partial charge on any atom is -0.488 e. The maximum absolute atomic E-state index is 12.3. The first-order chi connectivity index (χ1) is 29.6. The number of carbonyl (C=O) groups excluding carboxylic acids is 2. The molecule has 15 heteroatoms. The van der Waals surface area contributed by atoms with Gasteiger partial charge >= 0.3 is 0 Å². The summed E-state index contributed by atoms with van der Waals surface area (Å²) in [5.41, 5.74) is 7.05. The monoisotopic (exact) mass is 889 g/mol. The molecule has 3 aliphatic heterocycles. The van der Waals surface area contributed by atoms with Crippen LogP contribution in [0.2, 0.25) is 0 Å². The Bertz CT molecular complexity index is 2730. The van der Waals surface area contributed by atoms with Crippen molar-refractivity contribution in [3.8, 4) is 5.75 Å². The zero-order valence-corrected chi connectivity index (χ0v) is 37.7. The molecule has 3 aliphatic rings. The van der Waals surface area contributed by atoms with Gasteiger partial charge in [-0.15, -0.1) is 0 Å². The van der Waals surface area contributed by atoms with E-state index in [-0.39, 0.29) is 47.2 Å². The number of nitrogens with zero attached hydrogens (tertiary/aromatic N) is 3. The van der Waals surface area contributed by atoms with Crippen molar-refractivity contribution >= 4 is 68.9 Å². The third kappa shape index (κ3) is 9.86. The number of hydrogen-bond donors (Lipinski definition) is 2. The first-order valence-electron chi connectivity index (χ1n) is 20.9. The van der Waals surface area contributed by atoms with Crippen molar-refractivity contribution in [3.63, 3.8) is 0 Å². The van der Waals surface area contributed by atoms with Gasteiger partial charge in [-0.05, 0) is 78.4 Å². The van der Waals surface area contributed by atoms with Gasteiger partial charge in [-0.1, -0.05) is 105 Å². The molecule has 0 saturated heterocycles. The Morgan fingerprint density at radius 1 is 0.714 bits per heavy atom. The summed E-state index contributed by atoms with van der Waals surface area (Å²) in [6.07, 6.45) is 11.5. The average Bonchev–Trinajstić information content (AvgIpc) is 3.73. The highest BCUT2D eigenvalue weighted by Crippen LogP contribution is 2.48. The van der Waals surface area contributed by atoms with Crippen LogP contribution in [0.1, 0.15) is 73.9 Å². The van der Waals surface area contributed by atoms with Crippen LogP contribution in [-0.2, 0) is 47.3 Å². The third-order valence-electron chi connectivity index (χ3n) is 12.4. The number of rotatable bonds is 16. The Morgan fingerprint density at radius 3 is 1.92 bits per heavy atom. The quantitative estimate of drug-likeness (QED) is 0.0712. The number of amides is 2. The number of ether oxygens (including phenoxy) is 1. The summed E-state index contributed by atoms with van der Waals surface area (Å²) in [6, 6.07) is 23.8. The van der Waals surface area contributed by atoms with E-state index in [1.807, 2.05) is 73.4 Å². The summed E-state index contributed by atoms with van der Waals surface area (Å²) in [5.74, 6) is -0.395. The van der Waals surface area contributed by atoms with Crippen molar-refractivity contribution in [3.05, 3.63) is 137 Å². The van der Waals surface area contributed by atoms with Crippen LogP contribution in [0, 0.1) is 6.92 Å². The second-order valence-electron chi connectivity index (χ2n) is 17.6. The van der Waals surface area contributed by atoms with E-state index in [0.717, 1.165) is 27.9 Å². The molecule has 4 aromatic rings. The molecule has 2 amide bonds. The third-order valence-corrected chi connectivity index (χ3v) is 14.0. The van der Waals surface area contributed by atoms with Gasteiger partial charge in [0.25, 0.3) is 32.1 Å². The van der Waals surface area contributed by atoms with E-state index < -0.39 is 31.4 Å². The lowest BCUT2D eigenvalue weighted by atomic mass is 9.79. The molecule has 0 aliphatic carbocycles. The van der Waals surface area contributed by atoms with Crippen molar-refractivity contribution in [2.45, 2.75) is 81.9 Å². The van der Waals surface area contributed by atoms with Gasteiger partial charge in [-0.3, -0.25) is 23.6 Å². The second kappa shape index (κ2) is 17.6. The van der Waals surface area contributed by atoms with Crippen LogP contribution in [0.5, 0.6) is 5.75 Å². The molecular formula is C48H52BN3O9S2. The molecule has 3 heterocycles. The number of hydrogen-bond acceptors (Lipinski definition) is 9. The van der Waals surface area contributed by atoms with E-state index in [1.54, 1.807) is 6.07 Å². The van der Waals surface area contributed by atoms with Crippen molar-refractivity contribution in [2.24, 2.45) is 0 Å². The predicted octanol–water partition coefficient (Wildman–Crippen LogP) is 6.57. The minimum absolute atomic E-state index is 0.108. The summed E-state index contributed by atoms with van der Waals surface area (Å²) < 4.78 is 73.5. The standard InChI is InChI=1S/C48H52BN3O9S2/c1-32-8-17-40-38(28-32)47(2,3)44(50(40)24-6-25-52-45(53)22-23-46(52)54)21-13-35-29-33(11-19-42(35)61-31-34-9-14-36(49)15-10-34)12-20-43-48(4,5)39-30-37(63(58,59)60)16-18-41(39)51(43)26-7-27-62(55,56)57/h8-23,28-30,43-44H,6-7,24-27,31H2,1-5H3,(H,55,56,57)(H,58,59,60)/b20-12+,21-13+. The number of imide groups is 1. The molecule has 0 aromatic heterocycles. The molecule has 7 rings (SSSR count). The summed E-state index contributed by atoms with van der Waals surface area (Å²) in [7, 11) is -2.77. The lowest BCUT2D eigenvalue weighted by Gasteiger charge is -2.33. The van der Waals surface area contributed by atoms with Gasteiger partial charge in [0, 0.05) is 59.6 Å². The molecule has 0 spiro atoms. The summed E-state index contributed by atoms with van der Waals surface area (Å²) in [6.45, 7) is 11.9. The smallest absolute Gasteiger partial charge is 0.294 e. The Kier molecular flexibility index (Phi) is 12.7. The lowest BCUT2D eigenvalue weighted by molar-refractivity contribution is -0.136. The van der Waals surface area contributed by atoms with E-state index in [0.29, 0.717) is 48.6 Å². The van der Waals surface area contributed by atoms with Crippen LogP contribution in [0.25, 0.3) is 12.2 Å².